The summed E-state index contributed by atoms with van der Waals surface area (Å²) in [4.78, 5) is 30.6. The van der Waals surface area contributed by atoms with E-state index in [9.17, 15) is 9.59 Å². The number of amides is 3. The molecule has 3 amide bonds. The zero-order valence-electron chi connectivity index (χ0n) is 18.1. The van der Waals surface area contributed by atoms with Crippen LogP contribution in [0.4, 0.5) is 4.79 Å². The van der Waals surface area contributed by atoms with Crippen molar-refractivity contribution in [1.82, 2.24) is 15.1 Å². The average Bonchev–Trinajstić information content (AvgIpc) is 3.12. The number of urea groups is 1. The fourth-order valence-corrected chi connectivity index (χ4v) is 3.67. The van der Waals surface area contributed by atoms with Crippen molar-refractivity contribution in [3.8, 4) is 0 Å². The molecule has 1 aromatic heterocycles. The van der Waals surface area contributed by atoms with E-state index in [2.05, 4.69) is 19.2 Å². The van der Waals surface area contributed by atoms with Gasteiger partial charge in [-0.3, -0.25) is 4.79 Å². The number of benzene rings is 1. The minimum Gasteiger partial charge on any atom is -0.333 e. The van der Waals surface area contributed by atoms with E-state index in [-0.39, 0.29) is 29.9 Å². The Labute approximate surface area is 178 Å². The predicted octanol–water partition coefficient (Wildman–Crippen LogP) is 4.74. The first-order chi connectivity index (χ1) is 13.6. The van der Waals surface area contributed by atoms with Crippen LogP contribution in [0.15, 0.2) is 47.8 Å². The van der Waals surface area contributed by atoms with E-state index in [1.807, 2.05) is 73.5 Å². The quantitative estimate of drug-likeness (QED) is 0.677. The molecule has 0 aliphatic heterocycles. The van der Waals surface area contributed by atoms with Crippen LogP contribution in [0, 0.1) is 5.92 Å². The van der Waals surface area contributed by atoms with Crippen molar-refractivity contribution >= 4 is 23.3 Å². The van der Waals surface area contributed by atoms with E-state index >= 15 is 0 Å². The second-order valence-electron chi connectivity index (χ2n) is 8.77. The second kappa shape index (κ2) is 10.4. The molecule has 0 saturated heterocycles. The summed E-state index contributed by atoms with van der Waals surface area (Å²) in [7, 11) is 0. The van der Waals surface area contributed by atoms with Crippen LogP contribution in [0.3, 0.4) is 0 Å². The highest BCUT2D eigenvalue weighted by Crippen LogP contribution is 2.16. The van der Waals surface area contributed by atoms with Crippen LogP contribution in [0.1, 0.15) is 45.1 Å². The Morgan fingerprint density at radius 2 is 1.69 bits per heavy atom. The van der Waals surface area contributed by atoms with E-state index in [4.69, 9.17) is 0 Å². The number of carbonyl (C=O) groups is 2. The molecule has 0 bridgehead atoms. The summed E-state index contributed by atoms with van der Waals surface area (Å²) in [6.07, 6.45) is 0. The summed E-state index contributed by atoms with van der Waals surface area (Å²) in [5.74, 6) is 0.223. The maximum Gasteiger partial charge on any atom is 0.318 e. The molecule has 0 aliphatic carbocycles. The van der Waals surface area contributed by atoms with Crippen LogP contribution in [0.25, 0.3) is 0 Å². The summed E-state index contributed by atoms with van der Waals surface area (Å²) >= 11 is 1.64. The van der Waals surface area contributed by atoms with Gasteiger partial charge in [0.2, 0.25) is 5.91 Å². The summed E-state index contributed by atoms with van der Waals surface area (Å²) in [6, 6.07) is 13.8. The van der Waals surface area contributed by atoms with Crippen molar-refractivity contribution < 1.29 is 9.59 Å². The lowest BCUT2D eigenvalue weighted by Crippen LogP contribution is -2.52. The fraction of sp³-hybridized carbons (Fsp3) is 0.478. The molecule has 1 aromatic carbocycles. The predicted molar refractivity (Wildman–Crippen MR) is 120 cm³/mol. The Bertz CT molecular complexity index is 767. The largest absolute Gasteiger partial charge is 0.333 e. The molecule has 29 heavy (non-hydrogen) atoms. The minimum atomic E-state index is -0.351. The third-order valence-corrected chi connectivity index (χ3v) is 5.04. The Balaban J connectivity index is 2.16. The van der Waals surface area contributed by atoms with E-state index in [0.29, 0.717) is 19.6 Å². The maximum atomic E-state index is 13.2. The van der Waals surface area contributed by atoms with Crippen LogP contribution in [-0.2, 0) is 17.9 Å². The number of hydrogen-bond acceptors (Lipinski definition) is 3. The van der Waals surface area contributed by atoms with E-state index < -0.39 is 0 Å². The van der Waals surface area contributed by atoms with Gasteiger partial charge in [0.15, 0.2) is 0 Å². The monoisotopic (exact) mass is 415 g/mol. The molecule has 0 unspecified atom stereocenters. The highest BCUT2D eigenvalue weighted by Gasteiger charge is 2.25. The van der Waals surface area contributed by atoms with Crippen molar-refractivity contribution in [2.24, 2.45) is 5.92 Å². The highest BCUT2D eigenvalue weighted by molar-refractivity contribution is 7.09. The molecule has 6 heteroatoms. The van der Waals surface area contributed by atoms with Gasteiger partial charge < -0.3 is 15.1 Å². The van der Waals surface area contributed by atoms with Gasteiger partial charge in [-0.25, -0.2) is 4.79 Å². The van der Waals surface area contributed by atoms with Gasteiger partial charge >= 0.3 is 6.03 Å². The van der Waals surface area contributed by atoms with Crippen LogP contribution in [0.5, 0.6) is 0 Å². The lowest BCUT2D eigenvalue weighted by molar-refractivity contribution is -0.133. The molecular formula is C23H33N3O2S. The number of nitrogens with one attached hydrogen (secondary N) is 1. The topological polar surface area (TPSA) is 52.7 Å². The van der Waals surface area contributed by atoms with E-state index in [1.165, 1.54) is 0 Å². The van der Waals surface area contributed by atoms with Gasteiger partial charge in [0.05, 0.1) is 6.54 Å². The lowest BCUT2D eigenvalue weighted by atomic mass is 10.1. The standard InChI is InChI=1S/C23H33N3O2S/c1-18(2)14-26(22(28)24-23(3,4)5)17-21(27)25(16-20-12-9-13-29-20)15-19-10-7-6-8-11-19/h6-13,18H,14-17H2,1-5H3,(H,24,28). The summed E-state index contributed by atoms with van der Waals surface area (Å²) in [6.45, 7) is 11.6. The normalized spacial score (nSPS) is 11.4. The molecule has 0 radical (unpaired) electrons. The van der Waals surface area contributed by atoms with E-state index in [0.717, 1.165) is 10.4 Å². The van der Waals surface area contributed by atoms with Crippen molar-refractivity contribution in [1.29, 1.82) is 0 Å². The van der Waals surface area contributed by atoms with Crippen LogP contribution in [-0.4, -0.2) is 40.4 Å². The summed E-state index contributed by atoms with van der Waals surface area (Å²) in [5, 5.41) is 5.00. The molecule has 2 rings (SSSR count). The Kier molecular flexibility index (Phi) is 8.26. The SMILES string of the molecule is CC(C)CN(CC(=O)N(Cc1ccccc1)Cc1cccs1)C(=O)NC(C)(C)C. The molecule has 158 valence electrons. The summed E-state index contributed by atoms with van der Waals surface area (Å²) < 4.78 is 0. The molecule has 0 atom stereocenters. The van der Waals surface area contributed by atoms with Crippen LogP contribution in [0.2, 0.25) is 0 Å². The van der Waals surface area contributed by atoms with Crippen molar-refractivity contribution in [3.05, 3.63) is 58.3 Å². The maximum absolute atomic E-state index is 13.2. The smallest absolute Gasteiger partial charge is 0.318 e. The Morgan fingerprint density at radius 1 is 1.00 bits per heavy atom. The zero-order chi connectivity index (χ0) is 21.4. The van der Waals surface area contributed by atoms with Gasteiger partial charge in [-0.05, 0) is 43.7 Å². The minimum absolute atomic E-state index is 0.0491. The van der Waals surface area contributed by atoms with Gasteiger partial charge in [-0.15, -0.1) is 11.3 Å². The van der Waals surface area contributed by atoms with Gasteiger partial charge in [0.1, 0.15) is 6.54 Å². The van der Waals surface area contributed by atoms with Crippen molar-refractivity contribution in [2.45, 2.75) is 53.2 Å². The summed E-state index contributed by atoms with van der Waals surface area (Å²) in [5.41, 5.74) is 0.725. The van der Waals surface area contributed by atoms with Gasteiger partial charge in [-0.1, -0.05) is 50.2 Å². The molecule has 0 spiro atoms. The van der Waals surface area contributed by atoms with Crippen molar-refractivity contribution in [3.63, 3.8) is 0 Å². The van der Waals surface area contributed by atoms with Crippen LogP contribution >= 0.6 is 11.3 Å². The van der Waals surface area contributed by atoms with Gasteiger partial charge in [-0.2, -0.15) is 0 Å². The molecule has 5 nitrogen and oxygen atoms in total. The Morgan fingerprint density at radius 3 is 2.24 bits per heavy atom. The number of hydrogen-bond donors (Lipinski definition) is 1. The van der Waals surface area contributed by atoms with E-state index in [1.54, 1.807) is 16.2 Å². The first-order valence-corrected chi connectivity index (χ1v) is 10.9. The zero-order valence-corrected chi connectivity index (χ0v) is 19.0. The first-order valence-electron chi connectivity index (χ1n) is 10.0. The lowest BCUT2D eigenvalue weighted by Gasteiger charge is -2.31. The Hall–Kier alpha value is -2.34. The first kappa shape index (κ1) is 22.9. The number of rotatable bonds is 8. The fourth-order valence-electron chi connectivity index (χ4n) is 2.95. The average molecular weight is 416 g/mol. The number of carbonyl (C=O) groups excluding carboxylic acids is 2. The number of thiophene rings is 1. The van der Waals surface area contributed by atoms with Crippen LogP contribution < -0.4 is 5.32 Å². The molecular weight excluding hydrogens is 382 g/mol. The number of nitrogens with zero attached hydrogens (tertiary/aromatic N) is 2. The third kappa shape index (κ3) is 8.28. The molecule has 0 aliphatic rings. The molecule has 1 N–H and O–H groups in total. The second-order valence-corrected chi connectivity index (χ2v) is 9.80. The molecule has 0 saturated carbocycles. The third-order valence-electron chi connectivity index (χ3n) is 4.18. The van der Waals surface area contributed by atoms with Gasteiger partial charge in [0.25, 0.3) is 0 Å². The molecule has 0 fully saturated rings. The molecule has 1 heterocycles. The van der Waals surface area contributed by atoms with Gasteiger partial charge in [0, 0.05) is 23.5 Å². The van der Waals surface area contributed by atoms with Crippen molar-refractivity contribution in [2.75, 3.05) is 13.1 Å². The molecule has 2 aromatic rings. The highest BCUT2D eigenvalue weighted by atomic mass is 32.1.